The van der Waals surface area contributed by atoms with Crippen molar-refractivity contribution in [1.82, 2.24) is 0 Å². The van der Waals surface area contributed by atoms with Crippen LogP contribution in [0, 0.1) is 0 Å². The zero-order valence-corrected chi connectivity index (χ0v) is 29.0. The van der Waals surface area contributed by atoms with Crippen LogP contribution >= 0.6 is 0 Å². The maximum atomic E-state index is 12.9. The van der Waals surface area contributed by atoms with Crippen molar-refractivity contribution >= 4 is 5.97 Å². The van der Waals surface area contributed by atoms with Crippen molar-refractivity contribution in [1.29, 1.82) is 0 Å². The summed E-state index contributed by atoms with van der Waals surface area (Å²) in [5.41, 5.74) is 0. The van der Waals surface area contributed by atoms with Gasteiger partial charge < -0.3 is 68.9 Å². The third kappa shape index (κ3) is 10.7. The second-order valence-electron chi connectivity index (χ2n) is 14.0. The Morgan fingerprint density at radius 2 is 1.10 bits per heavy atom. The molecule has 0 aliphatic carbocycles. The van der Waals surface area contributed by atoms with Gasteiger partial charge in [-0.05, 0) is 33.1 Å². The van der Waals surface area contributed by atoms with E-state index in [1.807, 2.05) is 0 Å². The Kier molecular flexibility index (Phi) is 16.4. The summed E-state index contributed by atoms with van der Waals surface area (Å²) in [6, 6.07) is 0. The van der Waals surface area contributed by atoms with Crippen LogP contribution in [0.2, 0.25) is 0 Å². The first kappa shape index (κ1) is 40.7. The van der Waals surface area contributed by atoms with Crippen molar-refractivity contribution in [3.05, 3.63) is 0 Å². The third-order valence-corrected chi connectivity index (χ3v) is 10.1. The van der Waals surface area contributed by atoms with Crippen LogP contribution in [0.4, 0.5) is 0 Å². The van der Waals surface area contributed by atoms with Gasteiger partial charge in [0.25, 0.3) is 0 Å². The lowest BCUT2D eigenvalue weighted by Gasteiger charge is -2.48. The Hall–Kier alpha value is -1.05. The number of hydrogen-bond acceptors (Lipinski definition) is 15. The van der Waals surface area contributed by atoms with E-state index in [-0.39, 0.29) is 12.5 Å². The Labute approximate surface area is 288 Å². The van der Waals surface area contributed by atoms with E-state index in [0.29, 0.717) is 6.42 Å². The van der Waals surface area contributed by atoms with Gasteiger partial charge in [0.2, 0.25) is 0 Å². The number of esters is 1. The van der Waals surface area contributed by atoms with E-state index < -0.39 is 105 Å². The van der Waals surface area contributed by atoms with E-state index in [9.17, 15) is 40.5 Å². The molecule has 4 heterocycles. The molecule has 0 aromatic heterocycles. The van der Waals surface area contributed by atoms with Crippen molar-refractivity contribution in [2.24, 2.45) is 0 Å². The molecule has 4 fully saturated rings. The second-order valence-corrected chi connectivity index (χ2v) is 14.0. The first-order chi connectivity index (χ1) is 23.5. The van der Waals surface area contributed by atoms with E-state index in [2.05, 4.69) is 6.92 Å². The lowest BCUT2D eigenvalue weighted by Crippen LogP contribution is -2.66. The zero-order valence-electron chi connectivity index (χ0n) is 29.0. The van der Waals surface area contributed by atoms with E-state index in [1.165, 1.54) is 6.92 Å². The predicted octanol–water partition coefficient (Wildman–Crippen LogP) is 0.531. The van der Waals surface area contributed by atoms with Gasteiger partial charge in [-0.25, -0.2) is 0 Å². The Balaban J connectivity index is 1.67. The highest BCUT2D eigenvalue weighted by molar-refractivity contribution is 5.69. The van der Waals surface area contributed by atoms with Crippen molar-refractivity contribution < 1.29 is 73.7 Å². The smallest absolute Gasteiger partial charge is 0.306 e. The molecule has 4 saturated heterocycles. The molecule has 4 aliphatic heterocycles. The Morgan fingerprint density at radius 1 is 0.592 bits per heavy atom. The summed E-state index contributed by atoms with van der Waals surface area (Å²) in [4.78, 5) is 12.9. The molecule has 4 rings (SSSR count). The average molecular weight is 709 g/mol. The monoisotopic (exact) mass is 708 g/mol. The molecule has 4 aliphatic rings. The fourth-order valence-corrected chi connectivity index (χ4v) is 6.94. The van der Waals surface area contributed by atoms with E-state index in [1.54, 1.807) is 6.92 Å². The highest BCUT2D eigenvalue weighted by atomic mass is 16.8. The fourth-order valence-electron chi connectivity index (χ4n) is 6.94. The maximum absolute atomic E-state index is 12.9. The number of carbonyl (C=O) groups is 1. The minimum absolute atomic E-state index is 0.0673. The van der Waals surface area contributed by atoms with Gasteiger partial charge >= 0.3 is 5.97 Å². The molecule has 0 unspecified atom stereocenters. The number of unbranched alkanes of at least 4 members (excludes halogenated alkanes) is 2. The molecule has 0 spiro atoms. The molecular formula is C34H60O15. The van der Waals surface area contributed by atoms with Crippen LogP contribution in [-0.2, 0) is 38.0 Å². The van der Waals surface area contributed by atoms with Crippen molar-refractivity contribution in [2.45, 2.75) is 202 Å². The molecule has 0 amide bonds. The molecule has 0 radical (unpaired) electrons. The number of rotatable bonds is 5. The van der Waals surface area contributed by atoms with Crippen molar-refractivity contribution in [2.75, 3.05) is 6.61 Å². The van der Waals surface area contributed by atoms with Gasteiger partial charge in [-0.1, -0.05) is 64.7 Å². The van der Waals surface area contributed by atoms with E-state index >= 15 is 0 Å². The summed E-state index contributed by atoms with van der Waals surface area (Å²) in [7, 11) is 0. The minimum Gasteiger partial charge on any atom is -0.454 e. The number of hydrogen-bond donors (Lipinski definition) is 7. The van der Waals surface area contributed by atoms with Gasteiger partial charge in [-0.15, -0.1) is 0 Å². The molecule has 0 bridgehead atoms. The normalized spacial score (nSPS) is 45.6. The van der Waals surface area contributed by atoms with Crippen LogP contribution in [-0.4, -0.2) is 147 Å². The number of carbonyl (C=O) groups excluding carboxylic acids is 1. The SMILES string of the molecule is CCCCC[C@H]1CCCCCCCCCC(=O)O[C@H]2[C@H](O[C@H]3[C@H](O[C@H]4[C@H](O1)O[C@H](C)[C@H](O)[C@@H]4O)O[C@H](CO)[C@@H](O)[C@@H]3O)O[C@@H](C)[C@H](O)[C@H]2O. The lowest BCUT2D eigenvalue weighted by atomic mass is 9.96. The van der Waals surface area contributed by atoms with Crippen molar-refractivity contribution in [3.63, 3.8) is 0 Å². The topological polar surface area (TPSA) is 223 Å². The summed E-state index contributed by atoms with van der Waals surface area (Å²) in [5, 5.41) is 75.6. The van der Waals surface area contributed by atoms with E-state index in [0.717, 1.165) is 70.6 Å². The summed E-state index contributed by atoms with van der Waals surface area (Å²) in [6.07, 6.45) is -11.0. The molecule has 15 heteroatoms. The van der Waals surface area contributed by atoms with Crippen LogP contribution in [0.1, 0.15) is 104 Å². The van der Waals surface area contributed by atoms with Gasteiger partial charge in [-0.3, -0.25) is 4.79 Å². The van der Waals surface area contributed by atoms with Crippen LogP contribution in [0.3, 0.4) is 0 Å². The third-order valence-electron chi connectivity index (χ3n) is 10.1. The van der Waals surface area contributed by atoms with Crippen LogP contribution in [0.25, 0.3) is 0 Å². The molecule has 0 aromatic rings. The summed E-state index contributed by atoms with van der Waals surface area (Å²) in [5.74, 6) is -0.637. The molecule has 7 N–H and O–H groups in total. The van der Waals surface area contributed by atoms with Crippen LogP contribution < -0.4 is 0 Å². The summed E-state index contributed by atoms with van der Waals surface area (Å²) >= 11 is 0. The molecule has 49 heavy (non-hydrogen) atoms. The largest absolute Gasteiger partial charge is 0.454 e. The molecule has 0 saturated carbocycles. The number of aliphatic hydroxyl groups is 7. The van der Waals surface area contributed by atoms with Gasteiger partial charge in [0, 0.05) is 6.42 Å². The summed E-state index contributed by atoms with van der Waals surface area (Å²) in [6.45, 7) is 4.48. The maximum Gasteiger partial charge on any atom is 0.306 e. The van der Waals surface area contributed by atoms with Gasteiger partial charge in [0.15, 0.2) is 25.0 Å². The second kappa shape index (κ2) is 19.7. The number of fused-ring (bicyclic) bond motifs is 3. The first-order valence-corrected chi connectivity index (χ1v) is 18.3. The number of ether oxygens (including phenoxy) is 7. The van der Waals surface area contributed by atoms with Gasteiger partial charge in [0.1, 0.15) is 54.9 Å². The quantitative estimate of drug-likeness (QED) is 0.153. The molecule has 0 aromatic carbocycles. The number of aliphatic hydroxyl groups excluding tert-OH is 7. The van der Waals surface area contributed by atoms with Crippen LogP contribution in [0.5, 0.6) is 0 Å². The Bertz CT molecular complexity index is 974. The van der Waals surface area contributed by atoms with Crippen molar-refractivity contribution in [3.8, 4) is 0 Å². The highest BCUT2D eigenvalue weighted by Crippen LogP contribution is 2.35. The van der Waals surface area contributed by atoms with Crippen LogP contribution in [0.15, 0.2) is 0 Å². The Morgan fingerprint density at radius 3 is 1.69 bits per heavy atom. The van der Waals surface area contributed by atoms with Gasteiger partial charge in [0.05, 0.1) is 24.9 Å². The average Bonchev–Trinajstić information content (AvgIpc) is 3.07. The highest BCUT2D eigenvalue weighted by Gasteiger charge is 2.54. The first-order valence-electron chi connectivity index (χ1n) is 18.3. The zero-order chi connectivity index (χ0) is 35.7. The standard InChI is InChI=1S/C34H60O15/c1-4-5-11-14-20-15-12-9-7-6-8-10-13-16-22(36)47-29-26(40)23(37)19(3)44-33(29)48-31-28(42)25(39)21(17-35)46-34(31)49-30-27(41)24(38)18(2)43-32(30)45-20/h18-21,23-35,37-42H,4-17H2,1-3H3/t18-,19+,20+,21-,23+,24+,25-,26-,27+,28+,29-,30-,31-,32+,33+,34+/m1/s1. The molecule has 15 nitrogen and oxygen atoms in total. The van der Waals surface area contributed by atoms with Gasteiger partial charge in [-0.2, -0.15) is 0 Å². The summed E-state index contributed by atoms with van der Waals surface area (Å²) < 4.78 is 42.1. The van der Waals surface area contributed by atoms with E-state index in [4.69, 9.17) is 33.2 Å². The lowest BCUT2D eigenvalue weighted by molar-refractivity contribution is -0.393. The minimum atomic E-state index is -1.77. The molecule has 16 atom stereocenters. The molecular weight excluding hydrogens is 648 g/mol. The molecule has 286 valence electrons. The predicted molar refractivity (Wildman–Crippen MR) is 171 cm³/mol. The fraction of sp³-hybridized carbons (Fsp3) is 0.971.